The van der Waals surface area contributed by atoms with Crippen LogP contribution < -0.4 is 24.8 Å². The van der Waals surface area contributed by atoms with Crippen molar-refractivity contribution in [3.63, 3.8) is 0 Å². The van der Waals surface area contributed by atoms with Crippen molar-refractivity contribution in [2.75, 3.05) is 7.11 Å². The minimum Gasteiger partial charge on any atom is -0.497 e. The molecule has 0 bridgehead atoms. The number of halogens is 4. The van der Waals surface area contributed by atoms with Crippen LogP contribution in [0.4, 0.5) is 18.0 Å². The fourth-order valence-electron chi connectivity index (χ4n) is 2.33. The summed E-state index contributed by atoms with van der Waals surface area (Å²) < 4.78 is 55.4. The fourth-order valence-corrected chi connectivity index (χ4v) is 2.50. The van der Waals surface area contributed by atoms with E-state index in [0.717, 1.165) is 0 Å². The number of fused-ring (bicyclic) bond motifs is 1. The average molecular weight is 403 g/mol. The lowest BCUT2D eigenvalue weighted by molar-refractivity contribution is -0.317. The molecule has 0 aromatic heterocycles. The van der Waals surface area contributed by atoms with Gasteiger partial charge >= 0.3 is 18.1 Å². The van der Waals surface area contributed by atoms with Crippen LogP contribution in [0.3, 0.4) is 0 Å². The van der Waals surface area contributed by atoms with Crippen molar-refractivity contribution in [3.05, 3.63) is 53.1 Å². The summed E-state index contributed by atoms with van der Waals surface area (Å²) in [6.07, 6.45) is -5.05. The van der Waals surface area contributed by atoms with Gasteiger partial charge in [-0.1, -0.05) is 23.7 Å². The molecule has 0 fully saturated rings. The minimum atomic E-state index is -5.05. The number of hydrogen-bond acceptors (Lipinski definition) is 4. The van der Waals surface area contributed by atoms with Crippen LogP contribution in [0.1, 0.15) is 5.56 Å². The van der Waals surface area contributed by atoms with Crippen molar-refractivity contribution in [1.82, 2.24) is 10.6 Å². The third kappa shape index (κ3) is 3.97. The Kier molecular flexibility index (Phi) is 4.97. The van der Waals surface area contributed by atoms with E-state index in [1.165, 1.54) is 25.3 Å². The van der Waals surface area contributed by atoms with Crippen LogP contribution in [0.2, 0.25) is 5.02 Å². The van der Waals surface area contributed by atoms with Gasteiger partial charge in [0.1, 0.15) is 5.75 Å². The summed E-state index contributed by atoms with van der Waals surface area (Å²) in [4.78, 5) is 12.0. The van der Waals surface area contributed by atoms with E-state index >= 15 is 0 Å². The first-order valence-corrected chi connectivity index (χ1v) is 8.03. The zero-order valence-electron chi connectivity index (χ0n) is 13.9. The number of carbonyl (C=O) groups excluding carboxylic acids is 1. The average Bonchev–Trinajstić information content (AvgIpc) is 2.98. The van der Waals surface area contributed by atoms with Gasteiger partial charge in [-0.25, -0.2) is 4.79 Å². The molecular formula is C17H14ClF3N2O4. The molecule has 0 aliphatic carbocycles. The van der Waals surface area contributed by atoms with Gasteiger partial charge in [-0.2, -0.15) is 13.2 Å². The smallest absolute Gasteiger partial charge is 0.492 e. The highest BCUT2D eigenvalue weighted by Gasteiger charge is 2.65. The highest BCUT2D eigenvalue weighted by molar-refractivity contribution is 6.30. The Balaban J connectivity index is 1.69. The molecule has 6 nitrogen and oxygen atoms in total. The maximum Gasteiger partial charge on any atom is 0.492 e. The Morgan fingerprint density at radius 3 is 2.44 bits per heavy atom. The number of hydrogen-bond donors (Lipinski definition) is 2. The van der Waals surface area contributed by atoms with Gasteiger partial charge in [-0.15, -0.1) is 0 Å². The van der Waals surface area contributed by atoms with E-state index < -0.39 is 18.1 Å². The molecule has 0 saturated carbocycles. The molecule has 0 spiro atoms. The molecule has 0 radical (unpaired) electrons. The molecule has 144 valence electrons. The first kappa shape index (κ1) is 19.0. The van der Waals surface area contributed by atoms with Crippen molar-refractivity contribution in [2.45, 2.75) is 18.6 Å². The summed E-state index contributed by atoms with van der Waals surface area (Å²) in [7, 11) is 1.50. The monoisotopic (exact) mass is 402 g/mol. The minimum absolute atomic E-state index is 0.0114. The molecular weight excluding hydrogens is 389 g/mol. The van der Waals surface area contributed by atoms with Crippen molar-refractivity contribution in [2.24, 2.45) is 0 Å². The topological polar surface area (TPSA) is 68.8 Å². The fraction of sp³-hybridized carbons (Fsp3) is 0.235. The van der Waals surface area contributed by atoms with Crippen LogP contribution in [-0.2, 0) is 6.54 Å². The van der Waals surface area contributed by atoms with E-state index in [-0.39, 0.29) is 23.1 Å². The molecule has 2 amide bonds. The molecule has 27 heavy (non-hydrogen) atoms. The second kappa shape index (κ2) is 7.07. The molecule has 1 aliphatic rings. The summed E-state index contributed by atoms with van der Waals surface area (Å²) >= 11 is 5.75. The third-order valence-corrected chi connectivity index (χ3v) is 3.91. The first-order chi connectivity index (χ1) is 12.7. The van der Waals surface area contributed by atoms with E-state index in [9.17, 15) is 18.0 Å². The Hall–Kier alpha value is -2.81. The van der Waals surface area contributed by atoms with Gasteiger partial charge < -0.3 is 19.5 Å². The van der Waals surface area contributed by atoms with E-state index in [4.69, 9.17) is 25.8 Å². The predicted octanol–water partition coefficient (Wildman–Crippen LogP) is 3.84. The number of amides is 2. The molecule has 2 aromatic carbocycles. The Morgan fingerprint density at radius 2 is 1.81 bits per heavy atom. The molecule has 2 aromatic rings. The lowest BCUT2D eigenvalue weighted by Crippen LogP contribution is -2.66. The van der Waals surface area contributed by atoms with Crippen LogP contribution in [-0.4, -0.2) is 25.2 Å². The van der Waals surface area contributed by atoms with Crippen LogP contribution in [0.15, 0.2) is 42.5 Å². The zero-order valence-corrected chi connectivity index (χ0v) is 14.6. The lowest BCUT2D eigenvalue weighted by Gasteiger charge is -2.29. The molecule has 3 rings (SSSR count). The quantitative estimate of drug-likeness (QED) is 0.815. The predicted molar refractivity (Wildman–Crippen MR) is 89.9 cm³/mol. The van der Waals surface area contributed by atoms with Crippen molar-refractivity contribution in [3.8, 4) is 17.2 Å². The maximum atomic E-state index is 13.5. The van der Waals surface area contributed by atoms with Gasteiger partial charge in [0.05, 0.1) is 7.11 Å². The second-order valence-corrected chi connectivity index (χ2v) is 6.00. The molecule has 1 aliphatic heterocycles. The van der Waals surface area contributed by atoms with Crippen LogP contribution >= 0.6 is 11.6 Å². The Labute approximate surface area is 157 Å². The first-order valence-electron chi connectivity index (χ1n) is 7.66. The van der Waals surface area contributed by atoms with Crippen molar-refractivity contribution in [1.29, 1.82) is 0 Å². The number of methoxy groups -OCH3 is 1. The SMILES string of the molecule is COc1ccc(CNC(=O)N[C@@]2(C(F)(F)F)Oc3ccc(Cl)cc3O2)cc1. The maximum absolute atomic E-state index is 13.5. The van der Waals surface area contributed by atoms with E-state index in [0.29, 0.717) is 11.3 Å². The number of urea groups is 1. The van der Waals surface area contributed by atoms with Gasteiger partial charge in [0, 0.05) is 17.6 Å². The number of ether oxygens (including phenoxy) is 3. The van der Waals surface area contributed by atoms with E-state index in [2.05, 4.69) is 5.32 Å². The number of rotatable bonds is 4. The van der Waals surface area contributed by atoms with Gasteiger partial charge in [0.2, 0.25) is 0 Å². The number of alkyl halides is 3. The van der Waals surface area contributed by atoms with Crippen molar-refractivity contribution >= 4 is 17.6 Å². The molecule has 0 saturated heterocycles. The largest absolute Gasteiger partial charge is 0.497 e. The second-order valence-electron chi connectivity index (χ2n) is 5.57. The molecule has 10 heteroatoms. The molecule has 0 unspecified atom stereocenters. The van der Waals surface area contributed by atoms with Crippen LogP contribution in [0.25, 0.3) is 0 Å². The third-order valence-electron chi connectivity index (χ3n) is 3.68. The van der Waals surface area contributed by atoms with Gasteiger partial charge in [0.25, 0.3) is 0 Å². The number of carbonyl (C=O) groups is 1. The summed E-state index contributed by atoms with van der Waals surface area (Å²) in [5.74, 6) is -3.14. The Bertz CT molecular complexity index is 845. The van der Waals surface area contributed by atoms with E-state index in [1.54, 1.807) is 29.6 Å². The molecule has 1 heterocycles. The van der Waals surface area contributed by atoms with Gasteiger partial charge in [0.15, 0.2) is 11.5 Å². The van der Waals surface area contributed by atoms with Crippen molar-refractivity contribution < 1.29 is 32.2 Å². The van der Waals surface area contributed by atoms with Gasteiger partial charge in [-0.05, 0) is 29.8 Å². The van der Waals surface area contributed by atoms with Gasteiger partial charge in [-0.3, -0.25) is 5.32 Å². The van der Waals surface area contributed by atoms with E-state index in [1.807, 2.05) is 0 Å². The van der Waals surface area contributed by atoms with Crippen LogP contribution in [0.5, 0.6) is 17.2 Å². The molecule has 1 atom stereocenters. The highest BCUT2D eigenvalue weighted by atomic mass is 35.5. The number of nitrogens with one attached hydrogen (secondary N) is 2. The Morgan fingerprint density at radius 1 is 1.15 bits per heavy atom. The summed E-state index contributed by atoms with van der Waals surface area (Å²) in [5, 5.41) is 4.19. The zero-order chi connectivity index (χ0) is 19.7. The standard InChI is InChI=1S/C17H14ClF3N2O4/c1-25-12-5-2-10(3-6-12)9-22-15(24)23-17(16(19,20)21)26-13-7-4-11(18)8-14(13)27-17/h2-8H,9H2,1H3,(H2,22,23,24)/t17-/m0/s1. The van der Waals surface area contributed by atoms with Crippen LogP contribution in [0, 0.1) is 0 Å². The number of benzene rings is 2. The molecule has 2 N–H and O–H groups in total. The lowest BCUT2D eigenvalue weighted by atomic mass is 10.2. The normalized spacial score (nSPS) is 18.1. The summed E-state index contributed by atoms with van der Waals surface area (Å²) in [6, 6.07) is 9.27. The highest BCUT2D eigenvalue weighted by Crippen LogP contribution is 2.46. The summed E-state index contributed by atoms with van der Waals surface area (Å²) in [5.41, 5.74) is 0.662. The summed E-state index contributed by atoms with van der Waals surface area (Å²) in [6.45, 7) is -0.0114.